The number of hydrogen-bond donors (Lipinski definition) is 3. The van der Waals surface area contributed by atoms with Gasteiger partial charge in [0.15, 0.2) is 0 Å². The number of nitrogens with one attached hydrogen (secondary N) is 2. The van der Waals surface area contributed by atoms with E-state index < -0.39 is 0 Å². The van der Waals surface area contributed by atoms with Crippen LogP contribution in [0.2, 0.25) is 0 Å². The van der Waals surface area contributed by atoms with Gasteiger partial charge in [0.2, 0.25) is 0 Å². The largest absolute Gasteiger partial charge is 0.393 e. The summed E-state index contributed by atoms with van der Waals surface area (Å²) in [5, 5.41) is 15.3. The van der Waals surface area contributed by atoms with Crippen molar-refractivity contribution in [2.45, 2.75) is 37.8 Å². The quantitative estimate of drug-likeness (QED) is 0.648. The minimum atomic E-state index is -0.241. The van der Waals surface area contributed by atoms with Crippen molar-refractivity contribution < 1.29 is 14.6 Å². The highest BCUT2D eigenvalue weighted by molar-refractivity contribution is 5.74. The first-order chi connectivity index (χ1) is 7.75. The number of carbonyl (C=O) groups excluding carboxylic acids is 1. The summed E-state index contributed by atoms with van der Waals surface area (Å²) in [5.41, 5.74) is 0. The maximum atomic E-state index is 11.5. The van der Waals surface area contributed by atoms with E-state index >= 15 is 0 Å². The third kappa shape index (κ3) is 3.09. The molecule has 2 fully saturated rings. The molecule has 0 aromatic heterocycles. The lowest BCUT2D eigenvalue weighted by molar-refractivity contribution is 0.132. The zero-order valence-electron chi connectivity index (χ0n) is 9.45. The minimum absolute atomic E-state index is 0.144. The summed E-state index contributed by atoms with van der Waals surface area (Å²) in [7, 11) is 0. The fourth-order valence-electron chi connectivity index (χ4n) is 2.36. The molecule has 2 amide bonds. The normalized spacial score (nSPS) is 33.9. The summed E-state index contributed by atoms with van der Waals surface area (Å²) in [4.78, 5) is 11.5. The summed E-state index contributed by atoms with van der Waals surface area (Å²) < 4.78 is 5.17. The van der Waals surface area contributed by atoms with Gasteiger partial charge in [-0.15, -0.1) is 0 Å². The number of carbonyl (C=O) groups is 1. The number of rotatable bonds is 3. The first kappa shape index (κ1) is 11.7. The highest BCUT2D eigenvalue weighted by Gasteiger charge is 2.25. The summed E-state index contributed by atoms with van der Waals surface area (Å²) >= 11 is 0. The second-order valence-electron chi connectivity index (χ2n) is 4.67. The summed E-state index contributed by atoms with van der Waals surface area (Å²) in [6.07, 6.45) is 3.58. The second-order valence-corrected chi connectivity index (χ2v) is 4.67. The van der Waals surface area contributed by atoms with Gasteiger partial charge in [-0.1, -0.05) is 6.42 Å². The van der Waals surface area contributed by atoms with Crippen LogP contribution in [0.1, 0.15) is 25.7 Å². The smallest absolute Gasteiger partial charge is 0.315 e. The van der Waals surface area contributed by atoms with Crippen molar-refractivity contribution in [3.63, 3.8) is 0 Å². The van der Waals surface area contributed by atoms with E-state index in [1.54, 1.807) is 0 Å². The first-order valence-electron chi connectivity index (χ1n) is 6.06. The molecule has 3 N–H and O–H groups in total. The first-order valence-corrected chi connectivity index (χ1v) is 6.06. The molecule has 1 saturated heterocycles. The van der Waals surface area contributed by atoms with Crippen LogP contribution in [0.4, 0.5) is 4.79 Å². The molecule has 5 heteroatoms. The van der Waals surface area contributed by atoms with Gasteiger partial charge in [-0.3, -0.25) is 0 Å². The lowest BCUT2D eigenvalue weighted by atomic mass is 10.1. The molecular weight excluding hydrogens is 208 g/mol. The molecule has 3 unspecified atom stereocenters. The Kier molecular flexibility index (Phi) is 4.01. The lowest BCUT2D eigenvalue weighted by Crippen LogP contribution is -2.44. The van der Waals surface area contributed by atoms with Crippen LogP contribution >= 0.6 is 0 Å². The van der Waals surface area contributed by atoms with Crippen molar-refractivity contribution in [1.82, 2.24) is 10.6 Å². The monoisotopic (exact) mass is 228 g/mol. The van der Waals surface area contributed by atoms with Gasteiger partial charge in [-0.05, 0) is 19.3 Å². The topological polar surface area (TPSA) is 70.6 Å². The van der Waals surface area contributed by atoms with E-state index in [9.17, 15) is 9.90 Å². The predicted octanol–water partition coefficient (Wildman–Crippen LogP) is 0.235. The van der Waals surface area contributed by atoms with Gasteiger partial charge >= 0.3 is 6.03 Å². The molecule has 3 atom stereocenters. The van der Waals surface area contributed by atoms with Crippen molar-refractivity contribution in [3.8, 4) is 0 Å². The maximum Gasteiger partial charge on any atom is 0.315 e. The summed E-state index contributed by atoms with van der Waals surface area (Å²) in [5.74, 6) is 0.227. The molecule has 0 aromatic carbocycles. The van der Waals surface area contributed by atoms with Crippen molar-refractivity contribution in [3.05, 3.63) is 0 Å². The highest BCUT2D eigenvalue weighted by Crippen LogP contribution is 2.24. The van der Waals surface area contributed by atoms with Crippen molar-refractivity contribution in [1.29, 1.82) is 0 Å². The van der Waals surface area contributed by atoms with Crippen LogP contribution in [0.5, 0.6) is 0 Å². The second kappa shape index (κ2) is 5.50. The highest BCUT2D eigenvalue weighted by atomic mass is 16.5. The van der Waals surface area contributed by atoms with E-state index in [1.807, 2.05) is 0 Å². The Balaban J connectivity index is 1.63. The van der Waals surface area contributed by atoms with E-state index in [4.69, 9.17) is 4.74 Å². The Morgan fingerprint density at radius 2 is 2.25 bits per heavy atom. The molecule has 92 valence electrons. The number of amides is 2. The van der Waals surface area contributed by atoms with Crippen LogP contribution in [0.15, 0.2) is 0 Å². The number of aliphatic hydroxyl groups excluding tert-OH is 1. The van der Waals surface area contributed by atoms with Crippen molar-refractivity contribution in [2.75, 3.05) is 19.8 Å². The van der Waals surface area contributed by atoms with Crippen LogP contribution in [-0.4, -0.2) is 43.0 Å². The third-order valence-corrected chi connectivity index (χ3v) is 3.41. The molecule has 0 bridgehead atoms. The standard InChI is InChI=1S/C11H20N2O3/c14-10-3-1-2-8(10)6-12-11(15)13-9-4-5-16-7-9/h8-10,14H,1-7H2,(H2,12,13,15). The van der Waals surface area contributed by atoms with E-state index in [0.717, 1.165) is 32.3 Å². The van der Waals surface area contributed by atoms with Gasteiger partial charge in [0.05, 0.1) is 18.8 Å². The summed E-state index contributed by atoms with van der Waals surface area (Å²) in [6.45, 7) is 1.91. The Labute approximate surface area is 95.5 Å². The molecular formula is C11H20N2O3. The lowest BCUT2D eigenvalue weighted by Gasteiger charge is -2.17. The van der Waals surface area contributed by atoms with Gasteiger partial charge in [0, 0.05) is 19.1 Å². The molecule has 2 rings (SSSR count). The fraction of sp³-hybridized carbons (Fsp3) is 0.909. The maximum absolute atomic E-state index is 11.5. The number of ether oxygens (including phenoxy) is 1. The van der Waals surface area contributed by atoms with Crippen LogP contribution in [0.3, 0.4) is 0 Å². The van der Waals surface area contributed by atoms with Crippen molar-refractivity contribution in [2.24, 2.45) is 5.92 Å². The fourth-order valence-corrected chi connectivity index (χ4v) is 2.36. The molecule has 0 aromatic rings. The number of aliphatic hydroxyl groups is 1. The molecule has 0 spiro atoms. The minimum Gasteiger partial charge on any atom is -0.393 e. The van der Waals surface area contributed by atoms with Gasteiger partial charge in [0.1, 0.15) is 0 Å². The zero-order chi connectivity index (χ0) is 11.4. The zero-order valence-corrected chi connectivity index (χ0v) is 9.45. The van der Waals surface area contributed by atoms with E-state index in [2.05, 4.69) is 10.6 Å². The molecule has 2 aliphatic rings. The van der Waals surface area contributed by atoms with Crippen LogP contribution in [-0.2, 0) is 4.74 Å². The van der Waals surface area contributed by atoms with Gasteiger partial charge in [-0.2, -0.15) is 0 Å². The average Bonchev–Trinajstić information content (AvgIpc) is 2.87. The van der Waals surface area contributed by atoms with E-state index in [1.165, 1.54) is 0 Å². The molecule has 1 heterocycles. The van der Waals surface area contributed by atoms with Crippen LogP contribution < -0.4 is 10.6 Å². The molecule has 16 heavy (non-hydrogen) atoms. The SMILES string of the molecule is O=C(NCC1CCCC1O)NC1CCOC1. The van der Waals surface area contributed by atoms with Crippen molar-refractivity contribution >= 4 is 6.03 Å². The Morgan fingerprint density at radius 1 is 1.38 bits per heavy atom. The third-order valence-electron chi connectivity index (χ3n) is 3.41. The van der Waals surface area contributed by atoms with Crippen LogP contribution in [0.25, 0.3) is 0 Å². The van der Waals surface area contributed by atoms with E-state index in [-0.39, 0.29) is 24.1 Å². The average molecular weight is 228 g/mol. The molecule has 5 nitrogen and oxygen atoms in total. The van der Waals surface area contributed by atoms with E-state index in [0.29, 0.717) is 13.2 Å². The molecule has 0 radical (unpaired) electrons. The molecule has 1 aliphatic carbocycles. The summed E-state index contributed by atoms with van der Waals surface area (Å²) in [6, 6.07) is 0.00287. The Morgan fingerprint density at radius 3 is 2.88 bits per heavy atom. The molecule has 1 aliphatic heterocycles. The number of hydrogen-bond acceptors (Lipinski definition) is 3. The Hall–Kier alpha value is -0.810. The van der Waals surface area contributed by atoms with Gasteiger partial charge < -0.3 is 20.5 Å². The van der Waals surface area contributed by atoms with Gasteiger partial charge in [0.25, 0.3) is 0 Å². The molecule has 1 saturated carbocycles. The van der Waals surface area contributed by atoms with Gasteiger partial charge in [-0.25, -0.2) is 4.79 Å². The van der Waals surface area contributed by atoms with Crippen LogP contribution in [0, 0.1) is 5.92 Å². The predicted molar refractivity (Wildman–Crippen MR) is 59.1 cm³/mol. The Bertz CT molecular complexity index is 241. The number of urea groups is 1.